The molecule has 0 radical (unpaired) electrons. The Hall–Kier alpha value is -2.48. The first-order valence-corrected chi connectivity index (χ1v) is 13.2. The second kappa shape index (κ2) is 8.46. The van der Waals surface area contributed by atoms with E-state index in [1.807, 2.05) is 17.2 Å². The third-order valence-electron chi connectivity index (χ3n) is 6.93. The van der Waals surface area contributed by atoms with Gasteiger partial charge in [-0.2, -0.15) is 0 Å². The first-order valence-electron chi connectivity index (χ1n) is 11.4. The normalized spacial score (nSPS) is 23.8. The van der Waals surface area contributed by atoms with Crippen LogP contribution in [0.1, 0.15) is 48.9 Å². The van der Waals surface area contributed by atoms with Gasteiger partial charge in [0.15, 0.2) is 0 Å². The quantitative estimate of drug-likeness (QED) is 0.705. The summed E-state index contributed by atoms with van der Waals surface area (Å²) >= 11 is 0. The second-order valence-corrected chi connectivity index (χ2v) is 11.5. The number of hydrogen-bond donors (Lipinski definition) is 0. The number of piperazine rings is 1. The van der Waals surface area contributed by atoms with Crippen molar-refractivity contribution in [1.29, 1.82) is 0 Å². The summed E-state index contributed by atoms with van der Waals surface area (Å²) in [6.07, 6.45) is 5.04. The highest BCUT2D eigenvalue weighted by molar-refractivity contribution is 7.91. The van der Waals surface area contributed by atoms with E-state index in [2.05, 4.69) is 22.0 Å². The van der Waals surface area contributed by atoms with Crippen molar-refractivity contribution in [2.45, 2.75) is 37.6 Å². The molecule has 2 aliphatic heterocycles. The van der Waals surface area contributed by atoms with Crippen molar-refractivity contribution in [2.75, 3.05) is 36.0 Å². The molecule has 2 aromatic rings. The van der Waals surface area contributed by atoms with Crippen LogP contribution in [0.4, 0.5) is 10.1 Å². The number of benzene rings is 1. The van der Waals surface area contributed by atoms with Crippen LogP contribution in [-0.4, -0.2) is 55.3 Å². The van der Waals surface area contributed by atoms with Crippen molar-refractivity contribution in [3.8, 4) is 0 Å². The van der Waals surface area contributed by atoms with Gasteiger partial charge in [0.2, 0.25) is 5.91 Å². The lowest BCUT2D eigenvalue weighted by Crippen LogP contribution is -2.53. The maximum absolute atomic E-state index is 14.0. The summed E-state index contributed by atoms with van der Waals surface area (Å²) in [5.74, 6) is 0.0841. The number of rotatable bonds is 4. The highest BCUT2D eigenvalue weighted by atomic mass is 32.2. The Balaban J connectivity index is 1.38. The number of aromatic nitrogens is 1. The molecule has 170 valence electrons. The smallest absolute Gasteiger partial charge is 0.226 e. The van der Waals surface area contributed by atoms with E-state index in [4.69, 9.17) is 0 Å². The summed E-state index contributed by atoms with van der Waals surface area (Å²) in [4.78, 5) is 22.1. The SMILES string of the molecule is O=C(C1CCS(=O)(=O)CC1)N1CCN(c2ccc(C3CC3)nc2)CC1c1cccc(F)c1. The van der Waals surface area contributed by atoms with Crippen LogP contribution in [0.3, 0.4) is 0 Å². The fourth-order valence-corrected chi connectivity index (χ4v) is 6.35. The number of carbonyl (C=O) groups excluding carboxylic acids is 1. The maximum Gasteiger partial charge on any atom is 0.226 e. The largest absolute Gasteiger partial charge is 0.366 e. The van der Waals surface area contributed by atoms with Crippen LogP contribution in [0.5, 0.6) is 0 Å². The number of amides is 1. The van der Waals surface area contributed by atoms with Crippen LogP contribution in [0.2, 0.25) is 0 Å². The summed E-state index contributed by atoms with van der Waals surface area (Å²) in [6.45, 7) is 1.71. The van der Waals surface area contributed by atoms with E-state index < -0.39 is 9.84 Å². The molecule has 5 rings (SSSR count). The van der Waals surface area contributed by atoms with Crippen LogP contribution < -0.4 is 4.90 Å². The Morgan fingerprint density at radius 2 is 1.81 bits per heavy atom. The molecule has 0 bridgehead atoms. The van der Waals surface area contributed by atoms with E-state index in [1.54, 1.807) is 6.07 Å². The van der Waals surface area contributed by atoms with Gasteiger partial charge >= 0.3 is 0 Å². The molecule has 1 aromatic heterocycles. The van der Waals surface area contributed by atoms with E-state index in [0.717, 1.165) is 16.9 Å². The lowest BCUT2D eigenvalue weighted by Gasteiger charge is -2.44. The molecule has 8 heteroatoms. The Bertz CT molecular complexity index is 1090. The third kappa shape index (κ3) is 4.51. The lowest BCUT2D eigenvalue weighted by molar-refractivity contribution is -0.138. The van der Waals surface area contributed by atoms with Crippen molar-refractivity contribution >= 4 is 21.4 Å². The van der Waals surface area contributed by atoms with Crippen molar-refractivity contribution in [1.82, 2.24) is 9.88 Å². The molecule has 32 heavy (non-hydrogen) atoms. The number of carbonyl (C=O) groups is 1. The molecule has 1 aromatic carbocycles. The van der Waals surface area contributed by atoms with E-state index in [9.17, 15) is 17.6 Å². The topological polar surface area (TPSA) is 70.6 Å². The van der Waals surface area contributed by atoms with Gasteiger partial charge in [-0.05, 0) is 55.5 Å². The number of anilines is 1. The van der Waals surface area contributed by atoms with E-state index >= 15 is 0 Å². The van der Waals surface area contributed by atoms with Crippen LogP contribution in [0, 0.1) is 11.7 Å². The maximum atomic E-state index is 14.0. The molecule has 6 nitrogen and oxygen atoms in total. The molecule has 3 aliphatic rings. The summed E-state index contributed by atoms with van der Waals surface area (Å²) in [5, 5.41) is 0. The zero-order valence-corrected chi connectivity index (χ0v) is 18.8. The molecule has 1 atom stereocenters. The molecular weight excluding hydrogens is 429 g/mol. The Morgan fingerprint density at radius 1 is 1.03 bits per heavy atom. The molecule has 0 N–H and O–H groups in total. The highest BCUT2D eigenvalue weighted by Crippen LogP contribution is 2.39. The predicted octanol–water partition coefficient (Wildman–Crippen LogP) is 3.31. The fraction of sp³-hybridized carbons (Fsp3) is 0.500. The van der Waals surface area contributed by atoms with Crippen LogP contribution in [0.15, 0.2) is 42.6 Å². The van der Waals surface area contributed by atoms with Gasteiger partial charge in [0.05, 0.1) is 29.4 Å². The molecule has 0 spiro atoms. The number of nitrogens with zero attached hydrogens (tertiary/aromatic N) is 3. The van der Waals surface area contributed by atoms with Crippen molar-refractivity contribution in [3.05, 3.63) is 59.7 Å². The van der Waals surface area contributed by atoms with Crippen LogP contribution >= 0.6 is 0 Å². The number of halogens is 1. The zero-order valence-electron chi connectivity index (χ0n) is 18.0. The summed E-state index contributed by atoms with van der Waals surface area (Å²) in [5.41, 5.74) is 2.90. The number of sulfone groups is 1. The third-order valence-corrected chi connectivity index (χ3v) is 8.65. The van der Waals surface area contributed by atoms with E-state index in [1.165, 1.54) is 25.0 Å². The van der Waals surface area contributed by atoms with Gasteiger partial charge in [-0.3, -0.25) is 9.78 Å². The Morgan fingerprint density at radius 3 is 2.47 bits per heavy atom. The van der Waals surface area contributed by atoms with Crippen LogP contribution in [0.25, 0.3) is 0 Å². The van der Waals surface area contributed by atoms with Gasteiger partial charge in [-0.25, -0.2) is 12.8 Å². The van der Waals surface area contributed by atoms with Crippen molar-refractivity contribution < 1.29 is 17.6 Å². The summed E-state index contributed by atoms with van der Waals surface area (Å²) < 4.78 is 37.7. The van der Waals surface area contributed by atoms with Crippen LogP contribution in [-0.2, 0) is 14.6 Å². The van der Waals surface area contributed by atoms with Gasteiger partial charge in [-0.1, -0.05) is 12.1 Å². The molecular formula is C24H28FN3O3S. The highest BCUT2D eigenvalue weighted by Gasteiger charge is 2.37. The summed E-state index contributed by atoms with van der Waals surface area (Å²) in [7, 11) is -3.04. The predicted molar refractivity (Wildman–Crippen MR) is 121 cm³/mol. The van der Waals surface area contributed by atoms with Crippen molar-refractivity contribution in [3.63, 3.8) is 0 Å². The molecule has 2 saturated heterocycles. The first kappa shape index (κ1) is 21.4. The van der Waals surface area contributed by atoms with Gasteiger partial charge in [0.25, 0.3) is 0 Å². The molecule has 1 saturated carbocycles. The Labute approximate surface area is 188 Å². The van der Waals surface area contributed by atoms with Crippen molar-refractivity contribution in [2.24, 2.45) is 5.92 Å². The second-order valence-electron chi connectivity index (χ2n) is 9.19. The summed E-state index contributed by atoms with van der Waals surface area (Å²) in [6, 6.07) is 10.3. The monoisotopic (exact) mass is 457 g/mol. The molecule has 1 unspecified atom stereocenters. The lowest BCUT2D eigenvalue weighted by atomic mass is 9.96. The average molecular weight is 458 g/mol. The minimum Gasteiger partial charge on any atom is -0.366 e. The van der Waals surface area contributed by atoms with E-state index in [-0.39, 0.29) is 35.2 Å². The standard InChI is InChI=1S/C24H28FN3O3S/c25-20-3-1-2-19(14-20)23-16-27(21-6-7-22(26-15-21)17-4-5-17)10-11-28(23)24(29)18-8-12-32(30,31)13-9-18/h1-3,6-7,14-15,17-18,23H,4-5,8-13,16H2. The molecule has 1 amide bonds. The number of hydrogen-bond acceptors (Lipinski definition) is 5. The minimum atomic E-state index is -3.04. The Kier molecular flexibility index (Phi) is 5.65. The number of pyridine rings is 1. The average Bonchev–Trinajstić information content (AvgIpc) is 3.64. The van der Waals surface area contributed by atoms with E-state index in [0.29, 0.717) is 38.4 Å². The van der Waals surface area contributed by atoms with Gasteiger partial charge in [0, 0.05) is 37.2 Å². The first-order chi connectivity index (χ1) is 15.4. The molecule has 3 heterocycles. The fourth-order valence-electron chi connectivity index (χ4n) is 4.86. The molecule has 3 fully saturated rings. The van der Waals surface area contributed by atoms with Gasteiger partial charge in [0.1, 0.15) is 15.7 Å². The molecule has 1 aliphatic carbocycles. The zero-order chi connectivity index (χ0) is 22.3. The van der Waals surface area contributed by atoms with Gasteiger partial charge in [-0.15, -0.1) is 0 Å². The minimum absolute atomic E-state index is 0.0176. The van der Waals surface area contributed by atoms with Gasteiger partial charge < -0.3 is 9.80 Å².